The van der Waals surface area contributed by atoms with Gasteiger partial charge in [0.25, 0.3) is 0 Å². The molecule has 0 saturated heterocycles. The number of nitrogen functional groups attached to an aromatic ring is 1. The number of anilines is 1. The number of halogens is 5. The Kier molecular flexibility index (Phi) is 3.32. The number of benzene rings is 1. The molecule has 0 unspecified atom stereocenters. The fourth-order valence-corrected chi connectivity index (χ4v) is 1.58. The fourth-order valence-electron chi connectivity index (χ4n) is 1.40. The molecule has 19 heavy (non-hydrogen) atoms. The lowest BCUT2D eigenvalue weighted by molar-refractivity contribution is -0.144. The number of nitrogens with zero attached hydrogens (tertiary/aromatic N) is 2. The van der Waals surface area contributed by atoms with Gasteiger partial charge in [-0.15, -0.1) is 0 Å². The Morgan fingerprint density at radius 3 is 2.37 bits per heavy atom. The van der Waals surface area contributed by atoms with Gasteiger partial charge in [0, 0.05) is 11.6 Å². The molecule has 1 aromatic carbocycles. The fraction of sp³-hybridized carbons (Fsp3) is 0.0909. The number of rotatable bonds is 1. The van der Waals surface area contributed by atoms with Crippen molar-refractivity contribution in [2.75, 3.05) is 5.73 Å². The maximum atomic E-state index is 13.0. The Balaban J connectivity index is 2.56. The lowest BCUT2D eigenvalue weighted by Gasteiger charge is -2.08. The number of aromatic nitrogens is 2. The average Bonchev–Trinajstić information content (AvgIpc) is 2.31. The molecule has 2 N–H and O–H groups in total. The van der Waals surface area contributed by atoms with E-state index in [1.165, 1.54) is 12.1 Å². The normalized spacial score (nSPS) is 11.6. The summed E-state index contributed by atoms with van der Waals surface area (Å²) >= 11 is 5.56. The second-order valence-electron chi connectivity index (χ2n) is 3.63. The van der Waals surface area contributed by atoms with Gasteiger partial charge >= 0.3 is 6.18 Å². The summed E-state index contributed by atoms with van der Waals surface area (Å²) in [4.78, 5) is 6.45. The monoisotopic (exact) mass is 291 g/mol. The van der Waals surface area contributed by atoms with E-state index < -0.39 is 17.8 Å². The van der Waals surface area contributed by atoms with E-state index in [4.69, 9.17) is 17.3 Å². The zero-order valence-corrected chi connectivity index (χ0v) is 9.93. The van der Waals surface area contributed by atoms with Crippen molar-refractivity contribution in [1.82, 2.24) is 9.97 Å². The third-order valence-electron chi connectivity index (χ3n) is 2.21. The van der Waals surface area contributed by atoms with Gasteiger partial charge in [0.05, 0.1) is 10.7 Å². The smallest absolute Gasteiger partial charge is 0.384 e. The lowest BCUT2D eigenvalue weighted by atomic mass is 10.1. The average molecular weight is 292 g/mol. The minimum absolute atomic E-state index is 0.0817. The van der Waals surface area contributed by atoms with E-state index in [0.717, 1.165) is 12.1 Å². The molecule has 3 nitrogen and oxygen atoms in total. The van der Waals surface area contributed by atoms with Crippen LogP contribution in [0.25, 0.3) is 11.3 Å². The van der Waals surface area contributed by atoms with Crippen LogP contribution in [0.2, 0.25) is 5.02 Å². The van der Waals surface area contributed by atoms with Crippen LogP contribution in [-0.2, 0) is 6.18 Å². The number of hydrogen-bond acceptors (Lipinski definition) is 3. The molecule has 0 aliphatic rings. The molecule has 0 aliphatic heterocycles. The second-order valence-corrected chi connectivity index (χ2v) is 4.04. The molecule has 0 atom stereocenters. The zero-order valence-electron chi connectivity index (χ0n) is 9.17. The van der Waals surface area contributed by atoms with Crippen LogP contribution < -0.4 is 5.73 Å². The van der Waals surface area contributed by atoms with Gasteiger partial charge in [0.2, 0.25) is 5.82 Å². The molecule has 0 aliphatic carbocycles. The Hall–Kier alpha value is -1.89. The lowest BCUT2D eigenvalue weighted by Crippen LogP contribution is -2.13. The van der Waals surface area contributed by atoms with E-state index in [0.29, 0.717) is 0 Å². The quantitative estimate of drug-likeness (QED) is 0.818. The molecule has 0 radical (unpaired) electrons. The highest BCUT2D eigenvalue weighted by Crippen LogP contribution is 2.30. The first-order chi connectivity index (χ1) is 8.77. The number of hydrogen-bond donors (Lipinski definition) is 1. The SMILES string of the molecule is Nc1cc(-c2ccc(F)c(Cl)c2)nc(C(F)(F)F)n1. The van der Waals surface area contributed by atoms with Gasteiger partial charge in [-0.05, 0) is 18.2 Å². The van der Waals surface area contributed by atoms with Crippen molar-refractivity contribution in [3.8, 4) is 11.3 Å². The molecule has 1 aromatic heterocycles. The molecule has 0 bridgehead atoms. The Labute approximate surface area is 110 Å². The van der Waals surface area contributed by atoms with E-state index in [2.05, 4.69) is 9.97 Å². The summed E-state index contributed by atoms with van der Waals surface area (Å²) in [6, 6.07) is 4.60. The molecule has 1 heterocycles. The van der Waals surface area contributed by atoms with Crippen LogP contribution in [-0.4, -0.2) is 9.97 Å². The van der Waals surface area contributed by atoms with Crippen LogP contribution in [0.15, 0.2) is 24.3 Å². The highest BCUT2D eigenvalue weighted by atomic mass is 35.5. The molecule has 0 fully saturated rings. The van der Waals surface area contributed by atoms with Crippen molar-refractivity contribution in [2.24, 2.45) is 0 Å². The number of alkyl halides is 3. The maximum absolute atomic E-state index is 13.0. The summed E-state index contributed by atoms with van der Waals surface area (Å²) in [7, 11) is 0. The molecular formula is C11H6ClF4N3. The van der Waals surface area contributed by atoms with Crippen LogP contribution in [0.3, 0.4) is 0 Å². The first-order valence-electron chi connectivity index (χ1n) is 4.94. The van der Waals surface area contributed by atoms with Gasteiger partial charge in [0.15, 0.2) is 0 Å². The Morgan fingerprint density at radius 1 is 1.11 bits per heavy atom. The zero-order chi connectivity index (χ0) is 14.2. The Morgan fingerprint density at radius 2 is 1.79 bits per heavy atom. The topological polar surface area (TPSA) is 51.8 Å². The standard InChI is InChI=1S/C11H6ClF4N3/c12-6-3-5(1-2-7(6)13)8-4-9(17)19-10(18-8)11(14,15)16/h1-4H,(H2,17,18,19). The van der Waals surface area contributed by atoms with E-state index >= 15 is 0 Å². The van der Waals surface area contributed by atoms with Gasteiger partial charge in [-0.25, -0.2) is 14.4 Å². The van der Waals surface area contributed by atoms with E-state index in [-0.39, 0.29) is 22.1 Å². The highest BCUT2D eigenvalue weighted by molar-refractivity contribution is 6.31. The van der Waals surface area contributed by atoms with Crippen molar-refractivity contribution < 1.29 is 17.6 Å². The molecule has 2 rings (SSSR count). The van der Waals surface area contributed by atoms with Crippen LogP contribution in [0.4, 0.5) is 23.4 Å². The predicted molar refractivity (Wildman–Crippen MR) is 61.9 cm³/mol. The van der Waals surface area contributed by atoms with Gasteiger partial charge in [-0.1, -0.05) is 11.6 Å². The van der Waals surface area contributed by atoms with Gasteiger partial charge < -0.3 is 5.73 Å². The van der Waals surface area contributed by atoms with Gasteiger partial charge in [0.1, 0.15) is 11.6 Å². The van der Waals surface area contributed by atoms with Crippen LogP contribution in [0.1, 0.15) is 5.82 Å². The van der Waals surface area contributed by atoms with Crippen LogP contribution >= 0.6 is 11.6 Å². The number of nitrogens with two attached hydrogens (primary N) is 1. The van der Waals surface area contributed by atoms with Crippen LogP contribution in [0, 0.1) is 5.82 Å². The van der Waals surface area contributed by atoms with E-state index in [1.807, 2.05) is 0 Å². The highest BCUT2D eigenvalue weighted by Gasteiger charge is 2.35. The summed E-state index contributed by atoms with van der Waals surface area (Å²) < 4.78 is 50.6. The summed E-state index contributed by atoms with van der Waals surface area (Å²) in [5.74, 6) is -2.37. The summed E-state index contributed by atoms with van der Waals surface area (Å²) in [6.45, 7) is 0. The molecule has 2 aromatic rings. The van der Waals surface area contributed by atoms with Crippen LogP contribution in [0.5, 0.6) is 0 Å². The molecule has 100 valence electrons. The second kappa shape index (κ2) is 4.65. The minimum atomic E-state index is -4.71. The molecule has 0 amide bonds. The molecular weight excluding hydrogens is 286 g/mol. The molecule has 0 saturated carbocycles. The predicted octanol–water partition coefficient (Wildman–Crippen LogP) is 3.54. The summed E-state index contributed by atoms with van der Waals surface area (Å²) in [5, 5.41) is -0.219. The van der Waals surface area contributed by atoms with Gasteiger partial charge in [-0.2, -0.15) is 13.2 Å². The first-order valence-corrected chi connectivity index (χ1v) is 5.32. The third kappa shape index (κ3) is 2.93. The van der Waals surface area contributed by atoms with Crippen molar-refractivity contribution in [3.05, 3.63) is 40.9 Å². The van der Waals surface area contributed by atoms with E-state index in [1.54, 1.807) is 0 Å². The van der Waals surface area contributed by atoms with Crippen molar-refractivity contribution in [2.45, 2.75) is 6.18 Å². The summed E-state index contributed by atoms with van der Waals surface area (Å²) in [6.07, 6.45) is -4.71. The van der Waals surface area contributed by atoms with Crippen molar-refractivity contribution >= 4 is 17.4 Å². The van der Waals surface area contributed by atoms with E-state index in [9.17, 15) is 17.6 Å². The summed E-state index contributed by atoms with van der Waals surface area (Å²) in [5.41, 5.74) is 5.44. The third-order valence-corrected chi connectivity index (χ3v) is 2.50. The molecule has 8 heteroatoms. The van der Waals surface area contributed by atoms with Crippen molar-refractivity contribution in [3.63, 3.8) is 0 Å². The maximum Gasteiger partial charge on any atom is 0.451 e. The van der Waals surface area contributed by atoms with Gasteiger partial charge in [-0.3, -0.25) is 0 Å². The first kappa shape index (κ1) is 13.5. The largest absolute Gasteiger partial charge is 0.451 e. The van der Waals surface area contributed by atoms with Crippen molar-refractivity contribution in [1.29, 1.82) is 0 Å². The minimum Gasteiger partial charge on any atom is -0.384 e. The molecule has 0 spiro atoms. The Bertz CT molecular complexity index is 628.